The van der Waals surface area contributed by atoms with Crippen LogP contribution in [0.2, 0.25) is 5.02 Å². The summed E-state index contributed by atoms with van der Waals surface area (Å²) in [5, 5.41) is 11.1. The number of benzene rings is 2. The van der Waals surface area contributed by atoms with Gasteiger partial charge in [-0.15, -0.1) is 0 Å². The van der Waals surface area contributed by atoms with Gasteiger partial charge in [0.1, 0.15) is 5.82 Å². The summed E-state index contributed by atoms with van der Waals surface area (Å²) in [4.78, 5) is 15.7. The van der Waals surface area contributed by atoms with Crippen molar-refractivity contribution in [2.75, 3.05) is 0 Å². The van der Waals surface area contributed by atoms with Gasteiger partial charge >= 0.3 is 0 Å². The van der Waals surface area contributed by atoms with Crippen LogP contribution in [0.25, 0.3) is 11.0 Å². The summed E-state index contributed by atoms with van der Waals surface area (Å²) >= 11 is 5.97. The number of halogens is 1. The van der Waals surface area contributed by atoms with Crippen LogP contribution in [0.15, 0.2) is 48.5 Å². The van der Waals surface area contributed by atoms with Gasteiger partial charge < -0.3 is 15.4 Å². The maximum Gasteiger partial charge on any atom is 0.225 e. The molecule has 23 heavy (non-hydrogen) atoms. The minimum absolute atomic E-state index is 0.0247. The second kappa shape index (κ2) is 6.40. The maximum atomic E-state index is 11.3. The number of hydrogen-bond donors (Lipinski definition) is 2. The number of amides is 1. The first kappa shape index (κ1) is 15.5. The van der Waals surface area contributed by atoms with Gasteiger partial charge in [0.2, 0.25) is 5.91 Å². The Morgan fingerprint density at radius 2 is 2.04 bits per heavy atom. The molecule has 3 aromatic rings. The molecule has 1 atom stereocenters. The molecule has 118 valence electrons. The van der Waals surface area contributed by atoms with Crippen LogP contribution in [0, 0.1) is 0 Å². The molecule has 6 heteroatoms. The Morgan fingerprint density at radius 1 is 1.26 bits per heavy atom. The first-order valence-corrected chi connectivity index (χ1v) is 7.58. The van der Waals surface area contributed by atoms with Crippen LogP contribution in [-0.4, -0.2) is 20.6 Å². The number of carbonyl (C=O) groups is 1. The van der Waals surface area contributed by atoms with Gasteiger partial charge in [0.25, 0.3) is 0 Å². The van der Waals surface area contributed by atoms with Gasteiger partial charge in [-0.3, -0.25) is 4.79 Å². The fourth-order valence-electron chi connectivity index (χ4n) is 2.61. The summed E-state index contributed by atoms with van der Waals surface area (Å²) in [7, 11) is 0. The number of primary amides is 1. The summed E-state index contributed by atoms with van der Waals surface area (Å²) in [6.45, 7) is 0.267. The predicted molar refractivity (Wildman–Crippen MR) is 89.0 cm³/mol. The maximum absolute atomic E-state index is 11.3. The lowest BCUT2D eigenvalue weighted by Crippen LogP contribution is -2.19. The lowest BCUT2D eigenvalue weighted by molar-refractivity contribution is -0.117. The number of fused-ring (bicyclic) bond motifs is 1. The van der Waals surface area contributed by atoms with Crippen LogP contribution in [0.5, 0.6) is 0 Å². The molecule has 5 nitrogen and oxygen atoms in total. The first-order valence-electron chi connectivity index (χ1n) is 7.20. The van der Waals surface area contributed by atoms with Crippen molar-refractivity contribution in [3.63, 3.8) is 0 Å². The number of aliphatic hydroxyl groups excluding tert-OH is 1. The number of nitrogens with two attached hydrogens (primary N) is 1. The number of rotatable bonds is 5. The van der Waals surface area contributed by atoms with Crippen LogP contribution in [-0.2, 0) is 17.8 Å². The molecule has 3 rings (SSSR count). The van der Waals surface area contributed by atoms with Crippen LogP contribution in [0.3, 0.4) is 0 Å². The van der Waals surface area contributed by atoms with Crippen LogP contribution in [0.4, 0.5) is 0 Å². The van der Waals surface area contributed by atoms with Crippen molar-refractivity contribution in [1.82, 2.24) is 9.55 Å². The predicted octanol–water partition coefficient (Wildman–Crippen LogP) is 2.45. The van der Waals surface area contributed by atoms with E-state index < -0.39 is 12.0 Å². The normalized spacial score (nSPS) is 12.4. The Kier molecular flexibility index (Phi) is 4.32. The Morgan fingerprint density at radius 3 is 2.78 bits per heavy atom. The van der Waals surface area contributed by atoms with Crippen molar-refractivity contribution in [1.29, 1.82) is 0 Å². The molecule has 0 spiro atoms. The quantitative estimate of drug-likeness (QED) is 0.754. The lowest BCUT2D eigenvalue weighted by Gasteiger charge is -2.15. The van der Waals surface area contributed by atoms with Crippen LogP contribution >= 0.6 is 11.6 Å². The van der Waals surface area contributed by atoms with E-state index in [2.05, 4.69) is 4.98 Å². The molecule has 0 radical (unpaired) electrons. The molecule has 0 aliphatic heterocycles. The Labute approximate surface area is 138 Å². The van der Waals surface area contributed by atoms with Crippen molar-refractivity contribution in [2.24, 2.45) is 5.73 Å². The molecular weight excluding hydrogens is 314 g/mol. The lowest BCUT2D eigenvalue weighted by atomic mass is 10.1. The van der Waals surface area contributed by atoms with Gasteiger partial charge in [0.15, 0.2) is 0 Å². The highest BCUT2D eigenvalue weighted by Gasteiger charge is 2.16. The van der Waals surface area contributed by atoms with E-state index in [-0.39, 0.29) is 13.0 Å². The Bertz CT molecular complexity index is 860. The molecule has 1 heterocycles. The van der Waals surface area contributed by atoms with Gasteiger partial charge in [-0.2, -0.15) is 0 Å². The van der Waals surface area contributed by atoms with Gasteiger partial charge in [-0.25, -0.2) is 4.98 Å². The molecule has 1 amide bonds. The Hall–Kier alpha value is -2.37. The molecule has 1 unspecified atom stereocenters. The number of aliphatic hydroxyl groups is 1. The number of carbonyl (C=O) groups excluding carboxylic acids is 1. The highest BCUT2D eigenvalue weighted by atomic mass is 35.5. The van der Waals surface area contributed by atoms with E-state index >= 15 is 0 Å². The van der Waals surface area contributed by atoms with E-state index in [1.807, 2.05) is 34.9 Å². The molecule has 0 aliphatic carbocycles. The fraction of sp³-hybridized carbons (Fsp3) is 0.176. The standard InChI is InChI=1S/C17H16ClN3O2/c18-12-5-3-4-11(8-12)15(22)10-21-14-7-2-1-6-13(14)20-17(21)9-16(19)23/h1-8,15,22H,9-10H2,(H2,19,23). The van der Waals surface area contributed by atoms with Crippen molar-refractivity contribution in [3.8, 4) is 0 Å². The zero-order chi connectivity index (χ0) is 16.4. The van der Waals surface area contributed by atoms with Crippen molar-refractivity contribution in [2.45, 2.75) is 19.1 Å². The first-order chi connectivity index (χ1) is 11.0. The zero-order valence-electron chi connectivity index (χ0n) is 12.3. The van der Waals surface area contributed by atoms with E-state index in [0.717, 1.165) is 11.0 Å². The largest absolute Gasteiger partial charge is 0.387 e. The number of para-hydroxylation sites is 2. The summed E-state index contributed by atoms with van der Waals surface area (Å²) in [5.74, 6) is 0.0820. The highest BCUT2D eigenvalue weighted by Crippen LogP contribution is 2.23. The number of aromatic nitrogens is 2. The molecule has 0 bridgehead atoms. The molecule has 1 aromatic heterocycles. The molecule has 2 aromatic carbocycles. The molecule has 3 N–H and O–H groups in total. The summed E-state index contributed by atoms with van der Waals surface area (Å²) in [6.07, 6.45) is -0.741. The highest BCUT2D eigenvalue weighted by molar-refractivity contribution is 6.30. The zero-order valence-corrected chi connectivity index (χ0v) is 13.1. The van der Waals surface area contributed by atoms with Gasteiger partial charge in [0.05, 0.1) is 30.1 Å². The summed E-state index contributed by atoms with van der Waals surface area (Å²) in [5.41, 5.74) is 7.63. The van der Waals surface area contributed by atoms with Gasteiger partial charge in [-0.1, -0.05) is 35.9 Å². The second-order valence-electron chi connectivity index (χ2n) is 5.34. The van der Waals surface area contributed by atoms with E-state index in [9.17, 15) is 9.90 Å². The number of hydrogen-bond acceptors (Lipinski definition) is 3. The molecule has 0 saturated carbocycles. The molecule has 0 saturated heterocycles. The van der Waals surface area contributed by atoms with Crippen molar-refractivity contribution < 1.29 is 9.90 Å². The van der Waals surface area contributed by atoms with E-state index in [4.69, 9.17) is 17.3 Å². The van der Waals surface area contributed by atoms with Gasteiger partial charge in [-0.05, 0) is 29.8 Å². The van der Waals surface area contributed by atoms with E-state index in [0.29, 0.717) is 16.4 Å². The average Bonchev–Trinajstić information content (AvgIpc) is 2.84. The number of nitrogens with zero attached hydrogens (tertiary/aromatic N) is 2. The van der Waals surface area contributed by atoms with Crippen molar-refractivity contribution in [3.05, 3.63) is 64.9 Å². The monoisotopic (exact) mass is 329 g/mol. The minimum Gasteiger partial charge on any atom is -0.387 e. The topological polar surface area (TPSA) is 81.1 Å². The van der Waals surface area contributed by atoms with E-state index in [1.54, 1.807) is 18.2 Å². The van der Waals surface area contributed by atoms with Gasteiger partial charge in [0, 0.05) is 5.02 Å². The summed E-state index contributed by atoms with van der Waals surface area (Å²) in [6, 6.07) is 14.6. The van der Waals surface area contributed by atoms with Crippen molar-refractivity contribution >= 4 is 28.5 Å². The minimum atomic E-state index is -0.766. The Balaban J connectivity index is 1.99. The number of imidazole rings is 1. The molecule has 0 fully saturated rings. The summed E-state index contributed by atoms with van der Waals surface area (Å²) < 4.78 is 1.83. The van der Waals surface area contributed by atoms with Crippen LogP contribution in [0.1, 0.15) is 17.5 Å². The van der Waals surface area contributed by atoms with Crippen LogP contribution < -0.4 is 5.73 Å². The SMILES string of the molecule is NC(=O)Cc1nc2ccccc2n1CC(O)c1cccc(Cl)c1. The third-order valence-electron chi connectivity index (χ3n) is 3.65. The third kappa shape index (κ3) is 3.36. The van der Waals surface area contributed by atoms with E-state index in [1.165, 1.54) is 0 Å². The smallest absolute Gasteiger partial charge is 0.225 e. The fourth-order valence-corrected chi connectivity index (χ4v) is 2.81. The average molecular weight is 330 g/mol. The molecular formula is C17H16ClN3O2. The second-order valence-corrected chi connectivity index (χ2v) is 5.78. The molecule has 0 aliphatic rings. The third-order valence-corrected chi connectivity index (χ3v) is 3.89.